The van der Waals surface area contributed by atoms with Gasteiger partial charge in [-0.2, -0.15) is 4.31 Å². The number of hydrogen-bond acceptors (Lipinski definition) is 8. The number of nitrogens with zero attached hydrogens (tertiary/aromatic N) is 4. The fourth-order valence-electron chi connectivity index (χ4n) is 5.07. The van der Waals surface area contributed by atoms with E-state index in [1.165, 1.54) is 23.8 Å². The number of amides is 2. The average Bonchev–Trinajstić information content (AvgIpc) is 3.13. The van der Waals surface area contributed by atoms with Gasteiger partial charge in [0.2, 0.25) is 15.9 Å². The minimum absolute atomic E-state index is 0.0140. The molecule has 4 rings (SSSR count). The summed E-state index contributed by atoms with van der Waals surface area (Å²) in [6.45, 7) is 4.80. The lowest BCUT2D eigenvalue weighted by atomic mass is 10.1. The summed E-state index contributed by atoms with van der Waals surface area (Å²) in [6.07, 6.45) is 2.46. The van der Waals surface area contributed by atoms with E-state index < -0.39 is 40.1 Å². The first-order valence-electron chi connectivity index (χ1n) is 11.1. The lowest BCUT2D eigenvalue weighted by molar-refractivity contribution is -0.136. The van der Waals surface area contributed by atoms with E-state index in [1.54, 1.807) is 0 Å². The molecule has 0 radical (unpaired) electrons. The van der Waals surface area contributed by atoms with E-state index in [1.807, 2.05) is 0 Å². The van der Waals surface area contributed by atoms with Crippen molar-refractivity contribution >= 4 is 22.0 Å². The van der Waals surface area contributed by atoms with Gasteiger partial charge in [-0.15, -0.1) is 0 Å². The topological polar surface area (TPSA) is 153 Å². The number of rotatable bonds is 6. The molecule has 1 aromatic heterocycles. The van der Waals surface area contributed by atoms with Crippen molar-refractivity contribution < 1.29 is 33.1 Å². The Morgan fingerprint density at radius 2 is 1.94 bits per heavy atom. The molecule has 0 aromatic carbocycles. The molecule has 3 saturated heterocycles. The highest BCUT2D eigenvalue weighted by Crippen LogP contribution is 2.37. The predicted octanol–water partition coefficient (Wildman–Crippen LogP) is 0.334. The largest absolute Gasteiger partial charge is 0.474 e. The number of piperazine rings is 1. The Balaban J connectivity index is 1.52. The molecule has 1 aromatic rings. The minimum Gasteiger partial charge on any atom is -0.474 e. The van der Waals surface area contributed by atoms with Gasteiger partial charge in [0.05, 0.1) is 12.2 Å². The summed E-state index contributed by atoms with van der Waals surface area (Å²) in [7, 11) is -4.18. The number of hydrogen-bond donors (Lipinski definition) is 3. The van der Waals surface area contributed by atoms with Crippen LogP contribution >= 0.6 is 0 Å². The van der Waals surface area contributed by atoms with Gasteiger partial charge in [-0.3, -0.25) is 14.9 Å². The number of pyridine rings is 1. The second kappa shape index (κ2) is 9.41. The monoisotopic (exact) mass is 483 g/mol. The molecule has 3 fully saturated rings. The average molecular weight is 484 g/mol. The number of hydroxylamine groups is 1. The van der Waals surface area contributed by atoms with E-state index in [4.69, 9.17) is 4.74 Å². The van der Waals surface area contributed by atoms with Crippen LogP contribution in [0, 0.1) is 0 Å². The molecule has 33 heavy (non-hydrogen) atoms. The summed E-state index contributed by atoms with van der Waals surface area (Å²) in [5.41, 5.74) is 1.49. The van der Waals surface area contributed by atoms with Crippen LogP contribution in [-0.4, -0.2) is 100 Å². The van der Waals surface area contributed by atoms with Gasteiger partial charge in [0.25, 0.3) is 5.91 Å². The van der Waals surface area contributed by atoms with E-state index in [9.17, 15) is 28.3 Å². The van der Waals surface area contributed by atoms with Crippen LogP contribution in [0.15, 0.2) is 23.2 Å². The Labute approximate surface area is 192 Å². The van der Waals surface area contributed by atoms with Crippen LogP contribution in [0.4, 0.5) is 4.79 Å². The fourth-order valence-corrected chi connectivity index (χ4v) is 6.67. The third-order valence-corrected chi connectivity index (χ3v) is 8.63. The van der Waals surface area contributed by atoms with Crippen LogP contribution in [0.3, 0.4) is 0 Å². The van der Waals surface area contributed by atoms with Crippen molar-refractivity contribution in [3.05, 3.63) is 18.3 Å². The quantitative estimate of drug-likeness (QED) is 0.384. The molecule has 0 aliphatic carbocycles. The molecule has 12 nitrogen and oxygen atoms in total. The fraction of sp³-hybridized carbons (Fsp3) is 0.650. The molecule has 0 spiro atoms. The molecule has 3 N–H and O–H groups in total. The van der Waals surface area contributed by atoms with Crippen molar-refractivity contribution in [2.24, 2.45) is 0 Å². The van der Waals surface area contributed by atoms with Gasteiger partial charge >= 0.3 is 6.09 Å². The first-order valence-corrected chi connectivity index (χ1v) is 12.5. The number of carbonyl (C=O) groups excluding carboxylic acids is 1. The van der Waals surface area contributed by atoms with E-state index in [0.717, 1.165) is 41.7 Å². The van der Waals surface area contributed by atoms with Crippen molar-refractivity contribution in [3.8, 4) is 5.88 Å². The first-order chi connectivity index (χ1) is 15.8. The molecular weight excluding hydrogens is 454 g/mol. The lowest BCUT2D eigenvalue weighted by Crippen LogP contribution is -2.66. The summed E-state index contributed by atoms with van der Waals surface area (Å²) in [4.78, 5) is 31.6. The van der Waals surface area contributed by atoms with Crippen LogP contribution in [-0.2, 0) is 14.8 Å². The van der Waals surface area contributed by atoms with E-state index in [-0.39, 0.29) is 17.5 Å². The van der Waals surface area contributed by atoms with Gasteiger partial charge in [0.15, 0.2) is 0 Å². The maximum absolute atomic E-state index is 13.4. The third kappa shape index (κ3) is 4.50. The van der Waals surface area contributed by atoms with Gasteiger partial charge in [0, 0.05) is 31.7 Å². The summed E-state index contributed by atoms with van der Waals surface area (Å²) >= 11 is 0. The maximum Gasteiger partial charge on any atom is 0.407 e. The van der Waals surface area contributed by atoms with Crippen molar-refractivity contribution in [1.29, 1.82) is 0 Å². The Hall–Kier alpha value is -2.48. The summed E-state index contributed by atoms with van der Waals surface area (Å²) in [5, 5.41) is 18.7. The van der Waals surface area contributed by atoms with Crippen LogP contribution in [0.25, 0.3) is 0 Å². The van der Waals surface area contributed by atoms with Gasteiger partial charge in [0.1, 0.15) is 17.0 Å². The van der Waals surface area contributed by atoms with Gasteiger partial charge in [-0.1, -0.05) is 6.92 Å². The number of aromatic nitrogens is 1. The van der Waals surface area contributed by atoms with Crippen molar-refractivity contribution in [2.45, 2.75) is 61.7 Å². The molecule has 3 aliphatic heterocycles. The van der Waals surface area contributed by atoms with E-state index >= 15 is 0 Å². The van der Waals surface area contributed by atoms with Crippen LogP contribution in [0.2, 0.25) is 0 Å². The van der Waals surface area contributed by atoms with Gasteiger partial charge in [-0.05, 0) is 38.3 Å². The Kier molecular flexibility index (Phi) is 6.75. The van der Waals surface area contributed by atoms with Gasteiger partial charge in [-0.25, -0.2) is 23.7 Å². The number of nitrogens with one attached hydrogen (secondary N) is 1. The Morgan fingerprint density at radius 1 is 1.21 bits per heavy atom. The minimum atomic E-state index is -4.18. The second-order valence-corrected chi connectivity index (χ2v) is 10.5. The van der Waals surface area contributed by atoms with Crippen molar-refractivity contribution in [2.75, 3.05) is 26.2 Å². The maximum atomic E-state index is 13.4. The SMILES string of the molecule is CCN1CCC(Oc2ccc(S(=O)(=O)N3C[C@H]4CC[C@@H]([C@@H]3C(=O)NO)N4C(=O)O)cn2)CC1. The number of piperidine rings is 1. The third-order valence-electron chi connectivity index (χ3n) is 6.80. The number of ether oxygens (including phenoxy) is 1. The zero-order valence-corrected chi connectivity index (χ0v) is 19.1. The second-order valence-electron chi connectivity index (χ2n) is 8.57. The summed E-state index contributed by atoms with van der Waals surface area (Å²) in [6, 6.07) is 0.0393. The number of fused-ring (bicyclic) bond motifs is 2. The highest BCUT2D eigenvalue weighted by molar-refractivity contribution is 7.89. The van der Waals surface area contributed by atoms with Crippen molar-refractivity contribution in [3.63, 3.8) is 0 Å². The normalized spacial score (nSPS) is 26.8. The van der Waals surface area contributed by atoms with E-state index in [2.05, 4.69) is 16.8 Å². The highest BCUT2D eigenvalue weighted by Gasteiger charge is 2.54. The lowest BCUT2D eigenvalue weighted by Gasteiger charge is -2.43. The van der Waals surface area contributed by atoms with Crippen LogP contribution < -0.4 is 10.2 Å². The predicted molar refractivity (Wildman–Crippen MR) is 114 cm³/mol. The molecule has 3 aliphatic rings. The van der Waals surface area contributed by atoms with Crippen molar-refractivity contribution in [1.82, 2.24) is 24.6 Å². The molecule has 0 saturated carbocycles. The zero-order chi connectivity index (χ0) is 23.8. The standard InChI is InChI=1S/C20H29N5O7S/c1-2-23-9-7-14(8-10-23)32-17-6-4-15(11-21-17)33(30,31)24-12-13-3-5-16(25(13)20(27)28)18(24)19(26)22-29/h4,6,11,13-14,16,18,29H,2-3,5,7-10,12H2,1H3,(H,22,26)(H,27,28)/t13-,16+,18-/m1/s1. The van der Waals surface area contributed by atoms with Gasteiger partial charge < -0.3 is 14.7 Å². The number of likely N-dealkylation sites (tertiary alicyclic amines) is 1. The van der Waals surface area contributed by atoms with Crippen LogP contribution in [0.5, 0.6) is 5.88 Å². The highest BCUT2D eigenvalue weighted by atomic mass is 32.2. The molecule has 2 bridgehead atoms. The molecule has 2 amide bonds. The molecule has 13 heteroatoms. The zero-order valence-electron chi connectivity index (χ0n) is 18.3. The number of carboxylic acid groups (broad SMARTS) is 1. The molecule has 4 heterocycles. The van der Waals surface area contributed by atoms with Crippen LogP contribution in [0.1, 0.15) is 32.6 Å². The summed E-state index contributed by atoms with van der Waals surface area (Å²) < 4.78 is 33.7. The number of sulfonamides is 1. The molecule has 0 unspecified atom stereocenters. The smallest absolute Gasteiger partial charge is 0.407 e. The van der Waals surface area contributed by atoms with E-state index in [0.29, 0.717) is 18.7 Å². The summed E-state index contributed by atoms with van der Waals surface area (Å²) in [5.74, 6) is -0.647. The molecule has 182 valence electrons. The first kappa shape index (κ1) is 23.7. The Bertz CT molecular complexity index is 981. The molecular formula is C20H29N5O7S. The Morgan fingerprint density at radius 3 is 2.52 bits per heavy atom. The number of carbonyl (C=O) groups is 2. The molecule has 3 atom stereocenters.